The molecule has 1 N–H and O–H groups in total. The van der Waals surface area contributed by atoms with Crippen molar-refractivity contribution in [3.63, 3.8) is 0 Å². The molecule has 0 saturated carbocycles. The van der Waals surface area contributed by atoms with Crippen LogP contribution in [0.1, 0.15) is 68.2 Å². The van der Waals surface area contributed by atoms with Gasteiger partial charge in [-0.15, -0.1) is 0 Å². The van der Waals surface area contributed by atoms with Crippen molar-refractivity contribution >= 4 is 30.5 Å². The zero-order valence-electron chi connectivity index (χ0n) is 22.5. The van der Waals surface area contributed by atoms with Crippen LogP contribution in [-0.4, -0.2) is 83.0 Å². The van der Waals surface area contributed by atoms with Gasteiger partial charge in [0, 0.05) is 44.0 Å². The standard InChI is InChI=1S/C24H40BN5O5/c1-16(28-21(32)33-22(2,3)4)19(31)30-12-10-18(11-13-30)29(9)20-26-14-17(15-27-20)25-34-23(5,6)24(7,8)35-25/h14-16,18H,10-13H2,1-9H3,(H,28,32)/t16-/m0/s1. The summed E-state index contributed by atoms with van der Waals surface area (Å²) in [5, 5.41) is 2.63. The number of nitrogens with one attached hydrogen (secondary N) is 1. The van der Waals surface area contributed by atoms with Gasteiger partial charge in [-0.3, -0.25) is 4.79 Å². The first-order valence-electron chi connectivity index (χ1n) is 12.3. The lowest BCUT2D eigenvalue weighted by Gasteiger charge is -2.37. The molecule has 0 aromatic carbocycles. The number of alkyl carbamates (subject to hydrolysis) is 1. The summed E-state index contributed by atoms with van der Waals surface area (Å²) in [6.45, 7) is 16.3. The first-order chi connectivity index (χ1) is 16.1. The van der Waals surface area contributed by atoms with Crippen LogP contribution in [0.25, 0.3) is 0 Å². The van der Waals surface area contributed by atoms with E-state index in [2.05, 4.69) is 20.2 Å². The Morgan fingerprint density at radius 2 is 1.66 bits per heavy atom. The van der Waals surface area contributed by atoms with Crippen molar-refractivity contribution in [2.75, 3.05) is 25.0 Å². The lowest BCUT2D eigenvalue weighted by atomic mass is 9.81. The average Bonchev–Trinajstić information content (AvgIpc) is 2.98. The largest absolute Gasteiger partial charge is 0.498 e. The van der Waals surface area contributed by atoms with E-state index in [1.165, 1.54) is 0 Å². The number of hydrogen-bond acceptors (Lipinski definition) is 8. The summed E-state index contributed by atoms with van der Waals surface area (Å²) >= 11 is 0. The summed E-state index contributed by atoms with van der Waals surface area (Å²) in [6.07, 6.45) is 4.48. The van der Waals surface area contributed by atoms with Crippen molar-refractivity contribution in [3.8, 4) is 0 Å². The number of aromatic nitrogens is 2. The first kappa shape index (κ1) is 27.2. The number of likely N-dealkylation sites (tertiary alicyclic amines) is 1. The van der Waals surface area contributed by atoms with Crippen LogP contribution in [0.5, 0.6) is 0 Å². The lowest BCUT2D eigenvalue weighted by molar-refractivity contribution is -0.134. The fourth-order valence-corrected chi connectivity index (χ4v) is 4.07. The third-order valence-electron chi connectivity index (χ3n) is 6.93. The Kier molecular flexibility index (Phi) is 7.71. The Morgan fingerprint density at radius 1 is 1.14 bits per heavy atom. The quantitative estimate of drug-likeness (QED) is 0.627. The van der Waals surface area contributed by atoms with Crippen LogP contribution in [0.2, 0.25) is 0 Å². The van der Waals surface area contributed by atoms with Gasteiger partial charge in [0.1, 0.15) is 11.6 Å². The molecule has 0 radical (unpaired) electrons. The maximum Gasteiger partial charge on any atom is 0.498 e. The van der Waals surface area contributed by atoms with E-state index < -0.39 is 36.1 Å². The van der Waals surface area contributed by atoms with Crippen LogP contribution in [0.3, 0.4) is 0 Å². The molecule has 1 aromatic heterocycles. The molecule has 11 heteroatoms. The van der Waals surface area contributed by atoms with E-state index in [-0.39, 0.29) is 11.9 Å². The van der Waals surface area contributed by atoms with E-state index in [4.69, 9.17) is 14.0 Å². The van der Waals surface area contributed by atoms with Crippen molar-refractivity contribution in [3.05, 3.63) is 12.4 Å². The van der Waals surface area contributed by atoms with Crippen molar-refractivity contribution in [1.29, 1.82) is 0 Å². The number of rotatable bonds is 5. The summed E-state index contributed by atoms with van der Waals surface area (Å²) in [5.41, 5.74) is -0.662. The number of anilines is 1. The van der Waals surface area contributed by atoms with Gasteiger partial charge in [0.2, 0.25) is 11.9 Å². The van der Waals surface area contributed by atoms with Gasteiger partial charge in [-0.05, 0) is 68.2 Å². The topological polar surface area (TPSA) is 106 Å². The van der Waals surface area contributed by atoms with Crippen molar-refractivity contribution in [2.24, 2.45) is 0 Å². The Morgan fingerprint density at radius 3 is 2.14 bits per heavy atom. The van der Waals surface area contributed by atoms with Crippen LogP contribution >= 0.6 is 0 Å². The summed E-state index contributed by atoms with van der Waals surface area (Å²) in [5.74, 6) is 0.509. The predicted octanol–water partition coefficient (Wildman–Crippen LogP) is 2.12. The summed E-state index contributed by atoms with van der Waals surface area (Å²) in [7, 11) is 1.48. The Hall–Kier alpha value is -2.40. The zero-order chi connectivity index (χ0) is 26.2. The number of hydrogen-bond donors (Lipinski definition) is 1. The van der Waals surface area contributed by atoms with Crippen LogP contribution in [0.15, 0.2) is 12.4 Å². The molecule has 2 aliphatic heterocycles. The third kappa shape index (κ3) is 6.44. The second kappa shape index (κ2) is 9.93. The van der Waals surface area contributed by atoms with Crippen LogP contribution in [0, 0.1) is 0 Å². The SMILES string of the molecule is C[C@H](NC(=O)OC(C)(C)C)C(=O)N1CCC(N(C)c2ncc(B3OC(C)(C)C(C)(C)O3)cn2)CC1. The minimum atomic E-state index is -0.648. The third-order valence-corrected chi connectivity index (χ3v) is 6.93. The molecule has 2 fully saturated rings. The number of nitrogens with zero attached hydrogens (tertiary/aromatic N) is 4. The van der Waals surface area contributed by atoms with Gasteiger partial charge >= 0.3 is 13.2 Å². The number of carbonyl (C=O) groups is 2. The van der Waals surface area contributed by atoms with Gasteiger partial charge in [0.15, 0.2) is 0 Å². The molecule has 3 rings (SSSR count). The van der Waals surface area contributed by atoms with Gasteiger partial charge in [-0.1, -0.05) is 0 Å². The molecule has 2 amide bonds. The molecule has 194 valence electrons. The van der Waals surface area contributed by atoms with E-state index in [1.54, 1.807) is 45.0 Å². The average molecular weight is 489 g/mol. The Labute approximate surface area is 209 Å². The van der Waals surface area contributed by atoms with Gasteiger partial charge < -0.3 is 29.2 Å². The normalized spacial score (nSPS) is 20.9. The molecule has 0 bridgehead atoms. The molecule has 3 heterocycles. The molecule has 0 unspecified atom stereocenters. The maximum absolute atomic E-state index is 12.8. The van der Waals surface area contributed by atoms with Crippen LogP contribution in [-0.2, 0) is 18.8 Å². The van der Waals surface area contributed by atoms with E-state index >= 15 is 0 Å². The van der Waals surface area contributed by atoms with Gasteiger partial charge in [0.25, 0.3) is 0 Å². The fraction of sp³-hybridized carbons (Fsp3) is 0.750. The fourth-order valence-electron chi connectivity index (χ4n) is 4.07. The Balaban J connectivity index is 1.51. The molecule has 0 aliphatic carbocycles. The molecular formula is C24H40BN5O5. The minimum absolute atomic E-state index is 0.111. The Bertz CT molecular complexity index is 894. The summed E-state index contributed by atoms with van der Waals surface area (Å²) in [6, 6.07) is -0.444. The highest BCUT2D eigenvalue weighted by Crippen LogP contribution is 2.36. The molecule has 0 spiro atoms. The second-order valence-corrected chi connectivity index (χ2v) is 11.4. The molecule has 1 atom stereocenters. The molecule has 35 heavy (non-hydrogen) atoms. The van der Waals surface area contributed by atoms with Crippen LogP contribution in [0.4, 0.5) is 10.7 Å². The van der Waals surface area contributed by atoms with E-state index in [1.807, 2.05) is 34.7 Å². The van der Waals surface area contributed by atoms with E-state index in [9.17, 15) is 9.59 Å². The second-order valence-electron chi connectivity index (χ2n) is 11.4. The van der Waals surface area contributed by atoms with Crippen molar-refractivity contribution in [1.82, 2.24) is 20.2 Å². The monoisotopic (exact) mass is 489 g/mol. The maximum atomic E-state index is 12.8. The molecule has 10 nitrogen and oxygen atoms in total. The van der Waals surface area contributed by atoms with E-state index in [0.29, 0.717) is 19.0 Å². The highest BCUT2D eigenvalue weighted by Gasteiger charge is 2.52. The number of ether oxygens (including phenoxy) is 1. The highest BCUT2D eigenvalue weighted by molar-refractivity contribution is 6.61. The smallest absolute Gasteiger partial charge is 0.444 e. The predicted molar refractivity (Wildman–Crippen MR) is 135 cm³/mol. The van der Waals surface area contributed by atoms with Gasteiger partial charge in [-0.25, -0.2) is 14.8 Å². The molecular weight excluding hydrogens is 449 g/mol. The number of carbonyl (C=O) groups excluding carboxylic acids is 2. The molecule has 2 saturated heterocycles. The number of piperidine rings is 1. The zero-order valence-corrected chi connectivity index (χ0v) is 22.5. The minimum Gasteiger partial charge on any atom is -0.444 e. The summed E-state index contributed by atoms with van der Waals surface area (Å²) < 4.78 is 17.4. The van der Waals surface area contributed by atoms with Gasteiger partial charge in [0.05, 0.1) is 11.2 Å². The highest BCUT2D eigenvalue weighted by atomic mass is 16.7. The van der Waals surface area contributed by atoms with Gasteiger partial charge in [-0.2, -0.15) is 0 Å². The van der Waals surface area contributed by atoms with Crippen molar-refractivity contribution < 1.29 is 23.6 Å². The summed E-state index contributed by atoms with van der Waals surface area (Å²) in [4.78, 5) is 37.7. The number of amides is 2. The lowest BCUT2D eigenvalue weighted by Crippen LogP contribution is -2.52. The first-order valence-corrected chi connectivity index (χ1v) is 12.3. The molecule has 2 aliphatic rings. The van der Waals surface area contributed by atoms with E-state index in [0.717, 1.165) is 18.3 Å². The van der Waals surface area contributed by atoms with Crippen molar-refractivity contribution in [2.45, 2.75) is 97.1 Å². The molecule has 1 aromatic rings. The van der Waals surface area contributed by atoms with Crippen LogP contribution < -0.4 is 15.7 Å².